The fraction of sp³-hybridized carbons (Fsp3) is 0.800. The fourth-order valence-corrected chi connectivity index (χ4v) is 3.41. The third-order valence-electron chi connectivity index (χ3n) is 3.95. The predicted molar refractivity (Wildman–Crippen MR) is 82.6 cm³/mol. The first-order valence-electron chi connectivity index (χ1n) is 7.19. The average molecular weight is 281 g/mol. The molecule has 1 fully saturated rings. The minimum absolute atomic E-state index is 0.0741. The number of thiazole rings is 1. The van der Waals surface area contributed by atoms with E-state index in [1.54, 1.807) is 11.3 Å². The van der Waals surface area contributed by atoms with Crippen molar-refractivity contribution < 1.29 is 0 Å². The molecule has 108 valence electrons. The minimum atomic E-state index is 0.0741. The summed E-state index contributed by atoms with van der Waals surface area (Å²) >= 11 is 1.77. The van der Waals surface area contributed by atoms with Crippen molar-refractivity contribution in [3.8, 4) is 0 Å². The van der Waals surface area contributed by atoms with Crippen molar-refractivity contribution in [3.63, 3.8) is 0 Å². The average Bonchev–Trinajstić information content (AvgIpc) is 2.97. The van der Waals surface area contributed by atoms with Gasteiger partial charge in [-0.05, 0) is 60.0 Å². The van der Waals surface area contributed by atoms with Gasteiger partial charge in [0.2, 0.25) is 0 Å². The van der Waals surface area contributed by atoms with E-state index in [0.29, 0.717) is 0 Å². The Labute approximate surface area is 121 Å². The summed E-state index contributed by atoms with van der Waals surface area (Å²) in [6.07, 6.45) is 3.20. The van der Waals surface area contributed by atoms with Crippen molar-refractivity contribution in [2.75, 3.05) is 19.6 Å². The monoisotopic (exact) mass is 281 g/mol. The molecule has 1 unspecified atom stereocenters. The van der Waals surface area contributed by atoms with Crippen LogP contribution in [0, 0.1) is 5.92 Å². The summed E-state index contributed by atoms with van der Waals surface area (Å²) in [4.78, 5) is 7.09. The van der Waals surface area contributed by atoms with E-state index >= 15 is 0 Å². The fourth-order valence-electron chi connectivity index (χ4n) is 2.62. The number of aromatic nitrogens is 1. The minimum Gasteiger partial charge on any atom is -0.312 e. The normalized spacial score (nSPS) is 22.1. The summed E-state index contributed by atoms with van der Waals surface area (Å²) in [7, 11) is 0. The molecule has 0 radical (unpaired) electrons. The summed E-state index contributed by atoms with van der Waals surface area (Å²) in [5, 5.41) is 6.94. The first kappa shape index (κ1) is 14.9. The van der Waals surface area contributed by atoms with E-state index in [0.717, 1.165) is 12.5 Å². The van der Waals surface area contributed by atoms with Gasteiger partial charge in [0.15, 0.2) is 0 Å². The van der Waals surface area contributed by atoms with E-state index in [-0.39, 0.29) is 11.1 Å². The largest absolute Gasteiger partial charge is 0.312 e. The molecule has 1 aliphatic rings. The Hall–Kier alpha value is -0.450. The number of rotatable bonds is 4. The van der Waals surface area contributed by atoms with Crippen molar-refractivity contribution in [1.29, 1.82) is 0 Å². The maximum Gasteiger partial charge on any atom is 0.112 e. The van der Waals surface area contributed by atoms with Gasteiger partial charge in [0.05, 0.1) is 5.54 Å². The molecule has 0 aliphatic carbocycles. The van der Waals surface area contributed by atoms with E-state index < -0.39 is 0 Å². The second-order valence-electron chi connectivity index (χ2n) is 7.13. The zero-order chi connectivity index (χ0) is 14.1. The second kappa shape index (κ2) is 5.51. The number of likely N-dealkylation sites (tertiary alicyclic amines) is 1. The van der Waals surface area contributed by atoms with E-state index in [1.807, 2.05) is 6.20 Å². The molecule has 1 aliphatic heterocycles. The van der Waals surface area contributed by atoms with Crippen molar-refractivity contribution >= 4 is 11.3 Å². The lowest BCUT2D eigenvalue weighted by molar-refractivity contribution is 0.147. The molecule has 0 spiro atoms. The van der Waals surface area contributed by atoms with Gasteiger partial charge in [0.25, 0.3) is 0 Å². The van der Waals surface area contributed by atoms with Crippen LogP contribution >= 0.6 is 11.3 Å². The van der Waals surface area contributed by atoms with Gasteiger partial charge in [-0.15, -0.1) is 11.3 Å². The van der Waals surface area contributed by atoms with Crippen molar-refractivity contribution in [2.24, 2.45) is 5.92 Å². The van der Waals surface area contributed by atoms with Gasteiger partial charge in [0.1, 0.15) is 5.01 Å². The lowest BCUT2D eigenvalue weighted by atomic mass is 10.0. The van der Waals surface area contributed by atoms with Crippen LogP contribution in [0.3, 0.4) is 0 Å². The topological polar surface area (TPSA) is 28.2 Å². The summed E-state index contributed by atoms with van der Waals surface area (Å²) in [6.45, 7) is 14.8. The zero-order valence-electron chi connectivity index (χ0n) is 12.9. The van der Waals surface area contributed by atoms with Gasteiger partial charge in [-0.1, -0.05) is 0 Å². The first-order chi connectivity index (χ1) is 8.79. The molecule has 1 atom stereocenters. The van der Waals surface area contributed by atoms with Gasteiger partial charge in [-0.3, -0.25) is 4.90 Å². The van der Waals surface area contributed by atoms with Crippen molar-refractivity contribution in [3.05, 3.63) is 16.6 Å². The van der Waals surface area contributed by atoms with Gasteiger partial charge < -0.3 is 5.32 Å². The molecule has 0 aromatic carbocycles. The van der Waals surface area contributed by atoms with Crippen LogP contribution in [0.1, 0.15) is 46.0 Å². The summed E-state index contributed by atoms with van der Waals surface area (Å²) < 4.78 is 0. The molecule has 2 rings (SSSR count). The Kier molecular flexibility index (Phi) is 4.33. The number of nitrogens with one attached hydrogen (secondary N) is 1. The van der Waals surface area contributed by atoms with Gasteiger partial charge >= 0.3 is 0 Å². The lowest BCUT2D eigenvalue weighted by Gasteiger charge is -2.34. The van der Waals surface area contributed by atoms with Crippen LogP contribution < -0.4 is 5.32 Å². The molecule has 1 aromatic heterocycles. The molecular formula is C15H27N3S. The SMILES string of the molecule is CC(C)(C)NCC1CCN(C(C)(C)c2nccs2)C1. The van der Waals surface area contributed by atoms with Crippen LogP contribution in [0.25, 0.3) is 0 Å². The maximum absolute atomic E-state index is 4.50. The van der Waals surface area contributed by atoms with Crippen LogP contribution in [0.15, 0.2) is 11.6 Å². The molecule has 0 amide bonds. The Morgan fingerprint density at radius 3 is 2.68 bits per heavy atom. The van der Waals surface area contributed by atoms with Crippen molar-refractivity contribution in [1.82, 2.24) is 15.2 Å². The smallest absolute Gasteiger partial charge is 0.112 e. The summed E-state index contributed by atoms with van der Waals surface area (Å²) in [6, 6.07) is 0. The summed E-state index contributed by atoms with van der Waals surface area (Å²) in [5.41, 5.74) is 0.295. The third kappa shape index (κ3) is 3.77. The van der Waals surface area contributed by atoms with Crippen LogP contribution in [-0.2, 0) is 5.54 Å². The molecule has 4 heteroatoms. The maximum atomic E-state index is 4.50. The number of hydrogen-bond donors (Lipinski definition) is 1. The molecule has 0 bridgehead atoms. The Morgan fingerprint density at radius 1 is 1.37 bits per heavy atom. The van der Waals surface area contributed by atoms with Gasteiger partial charge in [0, 0.05) is 23.7 Å². The van der Waals surface area contributed by atoms with E-state index in [2.05, 4.69) is 55.2 Å². The molecule has 1 aromatic rings. The lowest BCUT2D eigenvalue weighted by Crippen LogP contribution is -2.42. The Morgan fingerprint density at radius 2 is 2.11 bits per heavy atom. The molecule has 2 heterocycles. The number of nitrogens with zero attached hydrogens (tertiary/aromatic N) is 2. The van der Waals surface area contributed by atoms with E-state index in [9.17, 15) is 0 Å². The van der Waals surface area contributed by atoms with Crippen LogP contribution in [0.5, 0.6) is 0 Å². The Bertz CT molecular complexity index is 392. The van der Waals surface area contributed by atoms with Crippen molar-refractivity contribution in [2.45, 2.75) is 52.1 Å². The highest BCUT2D eigenvalue weighted by Gasteiger charge is 2.36. The molecule has 0 saturated carbocycles. The molecular weight excluding hydrogens is 254 g/mol. The quantitative estimate of drug-likeness (QED) is 0.919. The zero-order valence-corrected chi connectivity index (χ0v) is 13.7. The van der Waals surface area contributed by atoms with Crippen LogP contribution in [0.2, 0.25) is 0 Å². The second-order valence-corrected chi connectivity index (χ2v) is 8.02. The first-order valence-corrected chi connectivity index (χ1v) is 8.07. The standard InChI is InChI=1S/C15H27N3S/c1-14(2,3)17-10-12-6-8-18(11-12)15(4,5)13-16-7-9-19-13/h7,9,12,17H,6,8,10-11H2,1-5H3. The van der Waals surface area contributed by atoms with E-state index in [1.165, 1.54) is 24.5 Å². The highest BCUT2D eigenvalue weighted by molar-refractivity contribution is 7.09. The molecule has 19 heavy (non-hydrogen) atoms. The van der Waals surface area contributed by atoms with Gasteiger partial charge in [-0.25, -0.2) is 4.98 Å². The van der Waals surface area contributed by atoms with E-state index in [4.69, 9.17) is 0 Å². The predicted octanol–water partition coefficient (Wildman–Crippen LogP) is 3.09. The molecule has 1 N–H and O–H groups in total. The van der Waals surface area contributed by atoms with Crippen LogP contribution in [0.4, 0.5) is 0 Å². The van der Waals surface area contributed by atoms with Crippen LogP contribution in [-0.4, -0.2) is 35.1 Å². The summed E-state index contributed by atoms with van der Waals surface area (Å²) in [5.74, 6) is 0.762. The highest BCUT2D eigenvalue weighted by Crippen LogP contribution is 2.33. The molecule has 3 nitrogen and oxygen atoms in total. The highest BCUT2D eigenvalue weighted by atomic mass is 32.1. The third-order valence-corrected chi connectivity index (χ3v) is 5.04. The molecule has 1 saturated heterocycles. The Balaban J connectivity index is 1.91. The van der Waals surface area contributed by atoms with Gasteiger partial charge in [-0.2, -0.15) is 0 Å². The number of hydrogen-bond acceptors (Lipinski definition) is 4.